The van der Waals surface area contributed by atoms with E-state index in [0.717, 1.165) is 30.5 Å². The fourth-order valence-corrected chi connectivity index (χ4v) is 7.27. The van der Waals surface area contributed by atoms with Crippen LogP contribution in [0.15, 0.2) is 46.9 Å². The highest BCUT2D eigenvalue weighted by atomic mass is 79.9. The Morgan fingerprint density at radius 3 is 2.59 bits per heavy atom. The van der Waals surface area contributed by atoms with Crippen molar-refractivity contribution in [1.29, 1.82) is 0 Å². The first kappa shape index (κ1) is 27.6. The first-order chi connectivity index (χ1) is 17.6. The molecule has 3 unspecified atom stereocenters. The average Bonchev–Trinajstić information content (AvgIpc) is 2.81. The first-order valence-corrected chi connectivity index (χ1v) is 15.4. The van der Waals surface area contributed by atoms with Gasteiger partial charge in [0.1, 0.15) is 6.04 Å². The SMILES string of the molecule is CC1CC(C)CN(CCCNC(=O)c2ccc3c(c2)NC(=O)C(CS(=O)(=O)Cc2cccc(Br)c2)N3)C1. The first-order valence-electron chi connectivity index (χ1n) is 12.7. The third kappa shape index (κ3) is 7.78. The number of amides is 2. The summed E-state index contributed by atoms with van der Waals surface area (Å²) in [6.45, 7) is 8.35. The summed E-state index contributed by atoms with van der Waals surface area (Å²) in [6, 6.07) is 11.2. The Labute approximate surface area is 227 Å². The molecule has 1 saturated heterocycles. The van der Waals surface area contributed by atoms with E-state index in [1.54, 1.807) is 36.4 Å². The number of piperidine rings is 1. The quantitative estimate of drug-likeness (QED) is 0.382. The Balaban J connectivity index is 1.29. The number of fused-ring (bicyclic) bond motifs is 1. The molecular weight excluding hydrogens is 556 g/mol. The van der Waals surface area contributed by atoms with Gasteiger partial charge in [-0.3, -0.25) is 9.59 Å². The average molecular weight is 592 g/mol. The molecule has 0 spiro atoms. The molecule has 0 aromatic heterocycles. The number of carbonyl (C=O) groups excluding carboxylic acids is 2. The van der Waals surface area contributed by atoms with Gasteiger partial charge in [-0.1, -0.05) is 41.9 Å². The minimum absolute atomic E-state index is 0.153. The highest BCUT2D eigenvalue weighted by Crippen LogP contribution is 2.29. The van der Waals surface area contributed by atoms with Gasteiger partial charge in [-0.05, 0) is 67.1 Å². The molecule has 200 valence electrons. The Morgan fingerprint density at radius 2 is 1.86 bits per heavy atom. The molecule has 2 aromatic rings. The summed E-state index contributed by atoms with van der Waals surface area (Å²) >= 11 is 3.35. The fourth-order valence-electron chi connectivity index (χ4n) is 5.28. The van der Waals surface area contributed by atoms with Crippen LogP contribution in [0.5, 0.6) is 0 Å². The van der Waals surface area contributed by atoms with E-state index in [1.807, 2.05) is 6.07 Å². The van der Waals surface area contributed by atoms with Crippen molar-refractivity contribution >= 4 is 49.0 Å². The Hall–Kier alpha value is -2.43. The van der Waals surface area contributed by atoms with Crippen molar-refractivity contribution in [3.05, 3.63) is 58.1 Å². The molecule has 4 rings (SSSR count). The number of carbonyl (C=O) groups is 2. The van der Waals surface area contributed by atoms with Crippen molar-refractivity contribution in [2.24, 2.45) is 11.8 Å². The molecule has 2 aliphatic rings. The minimum atomic E-state index is -3.55. The van der Waals surface area contributed by atoms with Crippen LogP contribution in [-0.2, 0) is 20.4 Å². The lowest BCUT2D eigenvalue weighted by molar-refractivity contribution is -0.116. The summed E-state index contributed by atoms with van der Waals surface area (Å²) in [7, 11) is -3.55. The molecule has 8 nitrogen and oxygen atoms in total. The van der Waals surface area contributed by atoms with E-state index in [1.165, 1.54) is 6.42 Å². The second kappa shape index (κ2) is 12.0. The standard InChI is InChI=1S/C27H35BrN4O4S/c1-18-11-19(2)15-32(14-18)10-4-9-29-26(33)21-7-8-23-24(13-21)31-27(34)25(30-23)17-37(35,36)16-20-5-3-6-22(28)12-20/h3,5-8,12-13,18-19,25,30H,4,9-11,14-17H2,1-2H3,(H,29,33)(H,31,34). The highest BCUT2D eigenvalue weighted by Gasteiger charge is 2.30. The van der Waals surface area contributed by atoms with E-state index >= 15 is 0 Å². The lowest BCUT2D eigenvalue weighted by Crippen LogP contribution is -2.43. The zero-order chi connectivity index (χ0) is 26.6. The summed E-state index contributed by atoms with van der Waals surface area (Å²) in [6.07, 6.45) is 2.16. The van der Waals surface area contributed by atoms with Crippen LogP contribution in [-0.4, -0.2) is 63.1 Å². The van der Waals surface area contributed by atoms with Gasteiger partial charge in [-0.25, -0.2) is 8.42 Å². The molecule has 1 fully saturated rings. The molecular formula is C27H35BrN4O4S. The number of nitrogens with zero attached hydrogens (tertiary/aromatic N) is 1. The third-order valence-corrected chi connectivity index (χ3v) is 8.87. The van der Waals surface area contributed by atoms with Crippen molar-refractivity contribution in [3.63, 3.8) is 0 Å². The fraction of sp³-hybridized carbons (Fsp3) is 0.481. The number of rotatable bonds is 9. The zero-order valence-corrected chi connectivity index (χ0v) is 23.7. The molecule has 2 aliphatic heterocycles. The van der Waals surface area contributed by atoms with Gasteiger partial charge in [0.25, 0.3) is 5.91 Å². The van der Waals surface area contributed by atoms with Crippen molar-refractivity contribution < 1.29 is 18.0 Å². The molecule has 0 aliphatic carbocycles. The Morgan fingerprint density at radius 1 is 1.11 bits per heavy atom. The molecule has 2 amide bonds. The number of sulfone groups is 1. The smallest absolute Gasteiger partial charge is 0.251 e. The number of benzene rings is 2. The van der Waals surface area contributed by atoms with Gasteiger partial charge in [0.2, 0.25) is 5.91 Å². The van der Waals surface area contributed by atoms with E-state index in [9.17, 15) is 18.0 Å². The van der Waals surface area contributed by atoms with Crippen LogP contribution < -0.4 is 16.0 Å². The van der Waals surface area contributed by atoms with Crippen LogP contribution in [0.25, 0.3) is 0 Å². The second-order valence-corrected chi connectivity index (χ2v) is 13.5. The van der Waals surface area contributed by atoms with Crippen LogP contribution >= 0.6 is 15.9 Å². The van der Waals surface area contributed by atoms with E-state index in [2.05, 4.69) is 50.6 Å². The maximum absolute atomic E-state index is 12.7. The van der Waals surface area contributed by atoms with Crippen molar-refractivity contribution in [2.75, 3.05) is 42.6 Å². The molecule has 2 heterocycles. The normalized spacial score (nSPS) is 22.0. The van der Waals surface area contributed by atoms with E-state index < -0.39 is 21.8 Å². The number of halogens is 1. The van der Waals surface area contributed by atoms with Crippen LogP contribution in [0.2, 0.25) is 0 Å². The summed E-state index contributed by atoms with van der Waals surface area (Å²) in [4.78, 5) is 27.8. The maximum atomic E-state index is 12.7. The highest BCUT2D eigenvalue weighted by molar-refractivity contribution is 9.10. The summed E-state index contributed by atoms with van der Waals surface area (Å²) in [5.74, 6) is 0.303. The van der Waals surface area contributed by atoms with Crippen molar-refractivity contribution in [1.82, 2.24) is 10.2 Å². The van der Waals surface area contributed by atoms with Crippen LogP contribution in [0.4, 0.5) is 11.4 Å². The molecule has 2 aromatic carbocycles. The van der Waals surface area contributed by atoms with Gasteiger partial charge in [0, 0.05) is 29.7 Å². The lowest BCUT2D eigenvalue weighted by atomic mass is 9.92. The number of anilines is 2. The van der Waals surface area contributed by atoms with Gasteiger partial charge in [-0.15, -0.1) is 0 Å². The van der Waals surface area contributed by atoms with E-state index in [4.69, 9.17) is 0 Å². The number of nitrogens with one attached hydrogen (secondary N) is 3. The van der Waals surface area contributed by atoms with Crippen LogP contribution in [0.3, 0.4) is 0 Å². The van der Waals surface area contributed by atoms with Gasteiger partial charge in [0.05, 0.1) is 22.9 Å². The van der Waals surface area contributed by atoms with Crippen molar-refractivity contribution in [2.45, 2.75) is 38.5 Å². The number of hydrogen-bond acceptors (Lipinski definition) is 6. The monoisotopic (exact) mass is 590 g/mol. The predicted octanol–water partition coefficient (Wildman–Crippen LogP) is 3.89. The van der Waals surface area contributed by atoms with Crippen LogP contribution in [0.1, 0.15) is 42.6 Å². The second-order valence-electron chi connectivity index (χ2n) is 10.4. The van der Waals surface area contributed by atoms with E-state index in [0.29, 0.717) is 40.9 Å². The molecule has 0 saturated carbocycles. The van der Waals surface area contributed by atoms with E-state index in [-0.39, 0.29) is 17.4 Å². The molecule has 37 heavy (non-hydrogen) atoms. The maximum Gasteiger partial charge on any atom is 0.251 e. The minimum Gasteiger partial charge on any atom is -0.371 e. The molecule has 3 atom stereocenters. The van der Waals surface area contributed by atoms with Crippen LogP contribution in [0, 0.1) is 11.8 Å². The summed E-state index contributed by atoms with van der Waals surface area (Å²) in [5, 5.41) is 8.75. The van der Waals surface area contributed by atoms with Gasteiger partial charge in [0.15, 0.2) is 9.84 Å². The van der Waals surface area contributed by atoms with Gasteiger partial charge >= 0.3 is 0 Å². The largest absolute Gasteiger partial charge is 0.371 e. The number of likely N-dealkylation sites (tertiary alicyclic amines) is 1. The zero-order valence-electron chi connectivity index (χ0n) is 21.3. The lowest BCUT2D eigenvalue weighted by Gasteiger charge is -2.34. The summed E-state index contributed by atoms with van der Waals surface area (Å²) in [5.41, 5.74) is 2.16. The van der Waals surface area contributed by atoms with Gasteiger partial charge in [-0.2, -0.15) is 0 Å². The van der Waals surface area contributed by atoms with Gasteiger partial charge < -0.3 is 20.9 Å². The number of hydrogen-bond donors (Lipinski definition) is 3. The topological polar surface area (TPSA) is 108 Å². The third-order valence-electron chi connectivity index (χ3n) is 6.76. The Bertz CT molecular complexity index is 1240. The van der Waals surface area contributed by atoms with Crippen molar-refractivity contribution in [3.8, 4) is 0 Å². The summed E-state index contributed by atoms with van der Waals surface area (Å²) < 4.78 is 26.3. The molecule has 10 heteroatoms. The predicted molar refractivity (Wildman–Crippen MR) is 150 cm³/mol. The Kier molecular flexibility index (Phi) is 8.92. The molecule has 3 N–H and O–H groups in total. The molecule has 0 bridgehead atoms. The molecule has 0 radical (unpaired) electrons.